The van der Waals surface area contributed by atoms with Crippen LogP contribution in [0, 0.1) is 11.3 Å². The van der Waals surface area contributed by atoms with Gasteiger partial charge >= 0.3 is 0 Å². The van der Waals surface area contributed by atoms with Gasteiger partial charge in [0.25, 0.3) is 5.56 Å². The van der Waals surface area contributed by atoms with Crippen LogP contribution >= 0.6 is 0 Å². The third kappa shape index (κ3) is 3.67. The second kappa shape index (κ2) is 7.69. The van der Waals surface area contributed by atoms with Crippen molar-refractivity contribution in [2.24, 2.45) is 0 Å². The average Bonchev–Trinajstić information content (AvgIpc) is 2.76. The van der Waals surface area contributed by atoms with E-state index in [1.165, 1.54) is 12.4 Å². The first kappa shape index (κ1) is 19.7. The normalized spacial score (nSPS) is 15.9. The van der Waals surface area contributed by atoms with E-state index in [0.29, 0.717) is 35.0 Å². The van der Waals surface area contributed by atoms with Crippen LogP contribution in [0.15, 0.2) is 53.7 Å². The summed E-state index contributed by atoms with van der Waals surface area (Å²) in [4.78, 5) is 27.6. The number of nitriles is 1. The first-order chi connectivity index (χ1) is 14.4. The van der Waals surface area contributed by atoms with Gasteiger partial charge in [-0.2, -0.15) is 5.26 Å². The summed E-state index contributed by atoms with van der Waals surface area (Å²) in [5.74, 6) is 0.514. The minimum absolute atomic E-state index is 0.151. The molecule has 1 aliphatic heterocycles. The predicted octanol–water partition coefficient (Wildman–Crippen LogP) is 2.29. The SMILES string of the molecule is CC1(C)CCn2c(nc(-c3ccncn3)cc2=O)N1C[C@@H](O)c1ccc(C#N)cc1. The molecule has 1 aliphatic rings. The molecule has 0 radical (unpaired) electrons. The molecule has 0 amide bonds. The van der Waals surface area contributed by atoms with Crippen molar-refractivity contribution in [1.82, 2.24) is 19.5 Å². The molecule has 30 heavy (non-hydrogen) atoms. The Morgan fingerprint density at radius 3 is 2.67 bits per heavy atom. The molecule has 152 valence electrons. The van der Waals surface area contributed by atoms with Crippen LogP contribution in [0.4, 0.5) is 5.95 Å². The molecule has 4 rings (SSSR count). The Bertz CT molecular complexity index is 1150. The van der Waals surface area contributed by atoms with Gasteiger partial charge in [0.2, 0.25) is 5.95 Å². The van der Waals surface area contributed by atoms with Gasteiger partial charge in [-0.15, -0.1) is 0 Å². The standard InChI is InChI=1S/C22H22N6O2/c1-22(2)8-10-27-20(30)11-18(17-7-9-24-14-25-17)26-21(27)28(22)13-19(29)16-5-3-15(12-23)4-6-16/h3-7,9,11,14,19,29H,8,10,13H2,1-2H3/t19-/m1/s1. The van der Waals surface area contributed by atoms with Crippen molar-refractivity contribution >= 4 is 5.95 Å². The first-order valence-corrected chi connectivity index (χ1v) is 9.73. The number of anilines is 1. The lowest BCUT2D eigenvalue weighted by atomic mass is 9.95. The lowest BCUT2D eigenvalue weighted by molar-refractivity contribution is 0.169. The summed E-state index contributed by atoms with van der Waals surface area (Å²) in [7, 11) is 0. The molecule has 3 heterocycles. The van der Waals surface area contributed by atoms with Crippen LogP contribution in [0.2, 0.25) is 0 Å². The Kier molecular flexibility index (Phi) is 5.06. The summed E-state index contributed by atoms with van der Waals surface area (Å²) in [6, 6.07) is 12.1. The van der Waals surface area contributed by atoms with Crippen LogP contribution in [-0.4, -0.2) is 36.7 Å². The fourth-order valence-electron chi connectivity index (χ4n) is 3.66. The lowest BCUT2D eigenvalue weighted by Crippen LogP contribution is -2.53. The van der Waals surface area contributed by atoms with Crippen molar-refractivity contribution in [2.75, 3.05) is 11.4 Å². The van der Waals surface area contributed by atoms with E-state index in [4.69, 9.17) is 10.2 Å². The van der Waals surface area contributed by atoms with E-state index in [0.717, 1.165) is 6.42 Å². The van der Waals surface area contributed by atoms with E-state index in [1.54, 1.807) is 41.1 Å². The van der Waals surface area contributed by atoms with Crippen LogP contribution in [-0.2, 0) is 6.54 Å². The molecule has 1 aromatic carbocycles. The van der Waals surface area contributed by atoms with E-state index < -0.39 is 6.10 Å². The molecular formula is C22H22N6O2. The van der Waals surface area contributed by atoms with Gasteiger partial charge in [0.15, 0.2) is 0 Å². The van der Waals surface area contributed by atoms with Gasteiger partial charge in [-0.05, 0) is 44.0 Å². The van der Waals surface area contributed by atoms with Crippen molar-refractivity contribution in [3.8, 4) is 17.5 Å². The molecule has 2 aromatic heterocycles. The molecule has 8 heteroatoms. The summed E-state index contributed by atoms with van der Waals surface area (Å²) < 4.78 is 1.64. The van der Waals surface area contributed by atoms with Gasteiger partial charge in [-0.25, -0.2) is 15.0 Å². The molecular weight excluding hydrogens is 380 g/mol. The Balaban J connectivity index is 1.73. The Morgan fingerprint density at radius 2 is 2.00 bits per heavy atom. The monoisotopic (exact) mass is 402 g/mol. The number of hydrogen-bond acceptors (Lipinski definition) is 7. The zero-order valence-corrected chi connectivity index (χ0v) is 16.9. The first-order valence-electron chi connectivity index (χ1n) is 9.73. The molecule has 1 N–H and O–H groups in total. The maximum atomic E-state index is 12.8. The van der Waals surface area contributed by atoms with Gasteiger partial charge in [-0.1, -0.05) is 12.1 Å². The van der Waals surface area contributed by atoms with E-state index in [1.807, 2.05) is 4.90 Å². The van der Waals surface area contributed by atoms with Crippen molar-refractivity contribution in [1.29, 1.82) is 5.26 Å². The second-order valence-electron chi connectivity index (χ2n) is 7.95. The van der Waals surface area contributed by atoms with Gasteiger partial charge in [0, 0.05) is 24.3 Å². The Labute approximate surface area is 174 Å². The molecule has 0 saturated carbocycles. The number of hydrogen-bond donors (Lipinski definition) is 1. The van der Waals surface area contributed by atoms with E-state index >= 15 is 0 Å². The largest absolute Gasteiger partial charge is 0.387 e. The number of fused-ring (bicyclic) bond motifs is 1. The predicted molar refractivity (Wildman–Crippen MR) is 112 cm³/mol. The number of aromatic nitrogens is 4. The van der Waals surface area contributed by atoms with Gasteiger partial charge in [0.05, 0.1) is 35.7 Å². The highest BCUT2D eigenvalue weighted by Crippen LogP contribution is 2.33. The maximum Gasteiger partial charge on any atom is 0.255 e. The summed E-state index contributed by atoms with van der Waals surface area (Å²) >= 11 is 0. The van der Waals surface area contributed by atoms with Crippen LogP contribution in [0.1, 0.15) is 37.5 Å². The van der Waals surface area contributed by atoms with Crippen molar-refractivity contribution in [2.45, 2.75) is 38.5 Å². The quantitative estimate of drug-likeness (QED) is 0.713. The Hall–Kier alpha value is -3.57. The topological polar surface area (TPSA) is 108 Å². The molecule has 8 nitrogen and oxygen atoms in total. The summed E-state index contributed by atoms with van der Waals surface area (Å²) in [5.41, 5.74) is 1.83. The number of nitrogens with zero attached hydrogens (tertiary/aromatic N) is 6. The van der Waals surface area contributed by atoms with Crippen LogP contribution in [0.25, 0.3) is 11.4 Å². The van der Waals surface area contributed by atoms with Crippen LogP contribution in [0.3, 0.4) is 0 Å². The third-order valence-corrected chi connectivity index (χ3v) is 5.53. The summed E-state index contributed by atoms with van der Waals surface area (Å²) in [6.07, 6.45) is 2.97. The fraction of sp³-hybridized carbons (Fsp3) is 0.318. The summed E-state index contributed by atoms with van der Waals surface area (Å²) in [5, 5.41) is 19.9. The molecule has 0 unspecified atom stereocenters. The molecule has 0 spiro atoms. The molecule has 0 aliphatic carbocycles. The Morgan fingerprint density at radius 1 is 1.23 bits per heavy atom. The van der Waals surface area contributed by atoms with Gasteiger partial charge in [0.1, 0.15) is 6.33 Å². The van der Waals surface area contributed by atoms with Gasteiger partial charge in [-0.3, -0.25) is 9.36 Å². The molecule has 0 saturated heterocycles. The highest BCUT2D eigenvalue weighted by Gasteiger charge is 2.36. The van der Waals surface area contributed by atoms with E-state index in [9.17, 15) is 9.90 Å². The molecule has 0 fully saturated rings. The highest BCUT2D eigenvalue weighted by molar-refractivity contribution is 5.56. The minimum Gasteiger partial charge on any atom is -0.387 e. The number of rotatable bonds is 4. The smallest absolute Gasteiger partial charge is 0.255 e. The fourth-order valence-corrected chi connectivity index (χ4v) is 3.66. The number of aliphatic hydroxyl groups excluding tert-OH is 1. The minimum atomic E-state index is -0.803. The van der Waals surface area contributed by atoms with E-state index in [-0.39, 0.29) is 17.6 Å². The van der Waals surface area contributed by atoms with Crippen molar-refractivity contribution < 1.29 is 5.11 Å². The van der Waals surface area contributed by atoms with Gasteiger partial charge < -0.3 is 10.0 Å². The van der Waals surface area contributed by atoms with Crippen LogP contribution < -0.4 is 10.5 Å². The lowest BCUT2D eigenvalue weighted by Gasteiger charge is -2.45. The average molecular weight is 402 g/mol. The zero-order chi connectivity index (χ0) is 21.3. The number of aliphatic hydroxyl groups is 1. The van der Waals surface area contributed by atoms with Crippen molar-refractivity contribution in [3.05, 3.63) is 70.4 Å². The maximum absolute atomic E-state index is 12.8. The molecule has 3 aromatic rings. The molecule has 1 atom stereocenters. The summed E-state index contributed by atoms with van der Waals surface area (Å²) in [6.45, 7) is 4.97. The highest BCUT2D eigenvalue weighted by atomic mass is 16.3. The van der Waals surface area contributed by atoms with Crippen molar-refractivity contribution in [3.63, 3.8) is 0 Å². The van der Waals surface area contributed by atoms with E-state index in [2.05, 4.69) is 29.9 Å². The number of β-amino-alcohol motifs (C(OH)–C–C–N with tert-alkyl or cyclic N) is 1. The second-order valence-corrected chi connectivity index (χ2v) is 7.95. The zero-order valence-electron chi connectivity index (χ0n) is 16.9. The number of benzene rings is 1. The molecule has 0 bridgehead atoms. The third-order valence-electron chi connectivity index (χ3n) is 5.53. The van der Waals surface area contributed by atoms with Crippen LogP contribution in [0.5, 0.6) is 0 Å².